The molecule has 0 N–H and O–H groups in total. The maximum atomic E-state index is 10.4. The van der Waals surface area contributed by atoms with Crippen LogP contribution in [0.2, 0.25) is 0 Å². The zero-order chi connectivity index (χ0) is 7.40. The number of hydrogen-bond acceptors (Lipinski definition) is 2. The molecule has 1 rings (SSSR count). The Kier molecular flexibility index (Phi) is 2.87. The zero-order valence-electron chi connectivity index (χ0n) is 6.38. The van der Waals surface area contributed by atoms with Crippen molar-refractivity contribution < 1.29 is 9.53 Å². The summed E-state index contributed by atoms with van der Waals surface area (Å²) in [5.41, 5.74) is 0. The SMILES string of the molecule is COC1CCCCC1C=O. The number of ether oxygens (including phenoxy) is 1. The van der Waals surface area contributed by atoms with E-state index in [1.54, 1.807) is 7.11 Å². The minimum Gasteiger partial charge on any atom is -0.381 e. The largest absolute Gasteiger partial charge is 0.381 e. The Bertz CT molecular complexity index is 112. The third-order valence-electron chi connectivity index (χ3n) is 2.23. The maximum absolute atomic E-state index is 10.4. The molecule has 0 aromatic rings. The lowest BCUT2D eigenvalue weighted by molar-refractivity contribution is -0.116. The normalized spacial score (nSPS) is 33.7. The van der Waals surface area contributed by atoms with Gasteiger partial charge in [0.1, 0.15) is 6.29 Å². The number of carbonyl (C=O) groups is 1. The highest BCUT2D eigenvalue weighted by Gasteiger charge is 2.23. The van der Waals surface area contributed by atoms with E-state index in [0.717, 1.165) is 19.1 Å². The molecule has 0 bridgehead atoms. The van der Waals surface area contributed by atoms with Crippen LogP contribution in [0.25, 0.3) is 0 Å². The van der Waals surface area contributed by atoms with Crippen LogP contribution in [-0.4, -0.2) is 19.5 Å². The Morgan fingerprint density at radius 3 is 2.60 bits per heavy atom. The van der Waals surface area contributed by atoms with Crippen molar-refractivity contribution in [1.29, 1.82) is 0 Å². The van der Waals surface area contributed by atoms with E-state index in [1.807, 2.05) is 0 Å². The molecule has 0 spiro atoms. The van der Waals surface area contributed by atoms with Gasteiger partial charge in [0.25, 0.3) is 0 Å². The van der Waals surface area contributed by atoms with Crippen LogP contribution in [0.4, 0.5) is 0 Å². The van der Waals surface area contributed by atoms with Gasteiger partial charge < -0.3 is 9.53 Å². The van der Waals surface area contributed by atoms with Crippen molar-refractivity contribution in [2.24, 2.45) is 5.92 Å². The Balaban J connectivity index is 2.41. The van der Waals surface area contributed by atoms with E-state index in [9.17, 15) is 4.79 Å². The fourth-order valence-electron chi connectivity index (χ4n) is 1.57. The first-order valence-electron chi connectivity index (χ1n) is 3.86. The van der Waals surface area contributed by atoms with Crippen molar-refractivity contribution in [2.45, 2.75) is 31.8 Å². The van der Waals surface area contributed by atoms with Gasteiger partial charge in [-0.3, -0.25) is 0 Å². The van der Waals surface area contributed by atoms with Crippen molar-refractivity contribution in [2.75, 3.05) is 7.11 Å². The van der Waals surface area contributed by atoms with Crippen molar-refractivity contribution in [3.63, 3.8) is 0 Å². The molecular formula is C8H14O2. The summed E-state index contributed by atoms with van der Waals surface area (Å²) < 4.78 is 5.16. The smallest absolute Gasteiger partial charge is 0.125 e. The monoisotopic (exact) mass is 142 g/mol. The molecule has 0 aromatic carbocycles. The van der Waals surface area contributed by atoms with Crippen molar-refractivity contribution in [1.82, 2.24) is 0 Å². The van der Waals surface area contributed by atoms with Gasteiger partial charge in [-0.15, -0.1) is 0 Å². The number of aldehydes is 1. The van der Waals surface area contributed by atoms with E-state index in [0.29, 0.717) is 0 Å². The third-order valence-corrected chi connectivity index (χ3v) is 2.23. The molecular weight excluding hydrogens is 128 g/mol. The molecule has 2 heteroatoms. The Morgan fingerprint density at radius 1 is 1.40 bits per heavy atom. The second kappa shape index (κ2) is 3.71. The van der Waals surface area contributed by atoms with E-state index in [2.05, 4.69) is 0 Å². The summed E-state index contributed by atoms with van der Waals surface area (Å²) in [7, 11) is 1.69. The van der Waals surface area contributed by atoms with Gasteiger partial charge in [0, 0.05) is 13.0 Å². The first-order valence-corrected chi connectivity index (χ1v) is 3.86. The summed E-state index contributed by atoms with van der Waals surface area (Å²) >= 11 is 0. The van der Waals surface area contributed by atoms with Gasteiger partial charge in [-0.25, -0.2) is 0 Å². The molecule has 1 aliphatic rings. The lowest BCUT2D eigenvalue weighted by Crippen LogP contribution is -2.27. The Morgan fingerprint density at radius 2 is 2.10 bits per heavy atom. The quantitative estimate of drug-likeness (QED) is 0.544. The molecule has 58 valence electrons. The summed E-state index contributed by atoms with van der Waals surface area (Å²) in [5.74, 6) is 0.166. The van der Waals surface area contributed by atoms with Crippen LogP contribution < -0.4 is 0 Å². The summed E-state index contributed by atoms with van der Waals surface area (Å²) in [4.78, 5) is 10.4. The first-order chi connectivity index (χ1) is 4.88. The lowest BCUT2D eigenvalue weighted by atomic mass is 9.87. The standard InChI is InChI=1S/C8H14O2/c1-10-8-5-3-2-4-7(8)6-9/h6-8H,2-5H2,1H3. The minimum absolute atomic E-state index is 0.166. The van der Waals surface area contributed by atoms with Crippen LogP contribution in [0.5, 0.6) is 0 Å². The molecule has 2 atom stereocenters. The van der Waals surface area contributed by atoms with Gasteiger partial charge >= 0.3 is 0 Å². The Labute approximate surface area is 61.6 Å². The van der Waals surface area contributed by atoms with Gasteiger partial charge in [-0.2, -0.15) is 0 Å². The molecule has 2 unspecified atom stereocenters. The topological polar surface area (TPSA) is 26.3 Å². The molecule has 0 heterocycles. The van der Waals surface area contributed by atoms with Crippen molar-refractivity contribution in [3.05, 3.63) is 0 Å². The molecule has 0 aromatic heterocycles. The van der Waals surface area contributed by atoms with Crippen molar-refractivity contribution >= 4 is 6.29 Å². The molecule has 1 saturated carbocycles. The minimum atomic E-state index is 0.166. The Hall–Kier alpha value is -0.370. The fourth-order valence-corrected chi connectivity index (χ4v) is 1.57. The van der Waals surface area contributed by atoms with Gasteiger partial charge in [0.05, 0.1) is 6.10 Å². The molecule has 0 saturated heterocycles. The van der Waals surface area contributed by atoms with E-state index >= 15 is 0 Å². The average molecular weight is 142 g/mol. The highest BCUT2D eigenvalue weighted by atomic mass is 16.5. The van der Waals surface area contributed by atoms with Gasteiger partial charge in [-0.1, -0.05) is 12.8 Å². The lowest BCUT2D eigenvalue weighted by Gasteiger charge is -2.25. The number of carbonyl (C=O) groups excluding carboxylic acids is 1. The maximum Gasteiger partial charge on any atom is 0.125 e. The number of rotatable bonds is 2. The molecule has 10 heavy (non-hydrogen) atoms. The molecule has 1 fully saturated rings. The predicted octanol–water partition coefficient (Wildman–Crippen LogP) is 1.39. The highest BCUT2D eigenvalue weighted by Crippen LogP contribution is 2.24. The van der Waals surface area contributed by atoms with E-state index < -0.39 is 0 Å². The summed E-state index contributed by atoms with van der Waals surface area (Å²) in [5, 5.41) is 0. The van der Waals surface area contributed by atoms with Crippen LogP contribution in [-0.2, 0) is 9.53 Å². The summed E-state index contributed by atoms with van der Waals surface area (Å²) in [6.07, 6.45) is 5.70. The molecule has 0 aliphatic heterocycles. The average Bonchev–Trinajstić information content (AvgIpc) is 2.04. The van der Waals surface area contributed by atoms with Crippen molar-refractivity contribution in [3.8, 4) is 0 Å². The van der Waals surface area contributed by atoms with Gasteiger partial charge in [0.15, 0.2) is 0 Å². The van der Waals surface area contributed by atoms with Crippen LogP contribution in [0.3, 0.4) is 0 Å². The number of methoxy groups -OCH3 is 1. The van der Waals surface area contributed by atoms with E-state index in [4.69, 9.17) is 4.74 Å². The van der Waals surface area contributed by atoms with Crippen LogP contribution >= 0.6 is 0 Å². The molecule has 0 amide bonds. The second-order valence-corrected chi connectivity index (χ2v) is 2.86. The predicted molar refractivity (Wildman–Crippen MR) is 38.8 cm³/mol. The first kappa shape index (κ1) is 7.73. The molecule has 2 nitrogen and oxygen atoms in total. The van der Waals surface area contributed by atoms with Gasteiger partial charge in [-0.05, 0) is 12.8 Å². The van der Waals surface area contributed by atoms with Crippen LogP contribution in [0.15, 0.2) is 0 Å². The third kappa shape index (κ3) is 1.57. The molecule has 0 radical (unpaired) electrons. The highest BCUT2D eigenvalue weighted by molar-refractivity contribution is 5.54. The van der Waals surface area contributed by atoms with E-state index in [-0.39, 0.29) is 12.0 Å². The van der Waals surface area contributed by atoms with Crippen LogP contribution in [0.1, 0.15) is 25.7 Å². The second-order valence-electron chi connectivity index (χ2n) is 2.86. The van der Waals surface area contributed by atoms with Gasteiger partial charge in [0.2, 0.25) is 0 Å². The summed E-state index contributed by atoms with van der Waals surface area (Å²) in [6, 6.07) is 0. The molecule has 1 aliphatic carbocycles. The van der Waals surface area contributed by atoms with Crippen LogP contribution in [0, 0.1) is 5.92 Å². The fraction of sp³-hybridized carbons (Fsp3) is 0.875. The number of hydrogen-bond donors (Lipinski definition) is 0. The van der Waals surface area contributed by atoms with E-state index in [1.165, 1.54) is 12.8 Å². The zero-order valence-corrected chi connectivity index (χ0v) is 6.38. The summed E-state index contributed by atoms with van der Waals surface area (Å²) in [6.45, 7) is 0.